The fourth-order valence-corrected chi connectivity index (χ4v) is 1.49. The van der Waals surface area contributed by atoms with E-state index >= 15 is 0 Å². The molecule has 0 atom stereocenters. The van der Waals surface area contributed by atoms with Crippen LogP contribution in [-0.4, -0.2) is 29.0 Å². The van der Waals surface area contributed by atoms with Gasteiger partial charge >= 0.3 is 0 Å². The monoisotopic (exact) mass is 225 g/mol. The molecule has 1 rings (SSSR count). The highest BCUT2D eigenvalue weighted by molar-refractivity contribution is 5.79. The van der Waals surface area contributed by atoms with Crippen molar-refractivity contribution < 1.29 is 9.32 Å². The SMILES string of the molecule is CCCC(=O)Cc1nc(N(CC)CC)no1. The van der Waals surface area contributed by atoms with Crippen LogP contribution >= 0.6 is 0 Å². The van der Waals surface area contributed by atoms with Gasteiger partial charge in [-0.05, 0) is 25.4 Å². The molecule has 0 unspecified atom stereocenters. The lowest BCUT2D eigenvalue weighted by Gasteiger charge is -2.14. The topological polar surface area (TPSA) is 59.2 Å². The maximum atomic E-state index is 11.4. The van der Waals surface area contributed by atoms with Crippen LogP contribution in [0.25, 0.3) is 0 Å². The molecule has 1 aromatic rings. The van der Waals surface area contributed by atoms with Crippen LogP contribution in [0.5, 0.6) is 0 Å². The van der Waals surface area contributed by atoms with Crippen LogP contribution in [0.1, 0.15) is 39.5 Å². The molecule has 90 valence electrons. The molecule has 1 heterocycles. The summed E-state index contributed by atoms with van der Waals surface area (Å²) in [7, 11) is 0. The Morgan fingerprint density at radius 1 is 1.31 bits per heavy atom. The van der Waals surface area contributed by atoms with E-state index in [1.807, 2.05) is 25.7 Å². The van der Waals surface area contributed by atoms with E-state index < -0.39 is 0 Å². The molecule has 0 aliphatic carbocycles. The van der Waals surface area contributed by atoms with Crippen molar-refractivity contribution in [2.45, 2.75) is 40.0 Å². The van der Waals surface area contributed by atoms with Crippen molar-refractivity contribution in [2.24, 2.45) is 0 Å². The lowest BCUT2D eigenvalue weighted by molar-refractivity contribution is -0.118. The predicted octanol–water partition coefficient (Wildman–Crippen LogP) is 1.83. The van der Waals surface area contributed by atoms with Gasteiger partial charge in [-0.25, -0.2) is 0 Å². The molecule has 0 spiro atoms. The first-order valence-corrected chi connectivity index (χ1v) is 5.80. The molecular weight excluding hydrogens is 206 g/mol. The Kier molecular flexibility index (Phi) is 4.95. The maximum Gasteiger partial charge on any atom is 0.266 e. The van der Waals surface area contributed by atoms with Crippen molar-refractivity contribution >= 4 is 11.7 Å². The van der Waals surface area contributed by atoms with Gasteiger partial charge in [-0.15, -0.1) is 0 Å². The Labute approximate surface area is 95.8 Å². The molecule has 5 heteroatoms. The number of hydrogen-bond donors (Lipinski definition) is 0. The van der Waals surface area contributed by atoms with Gasteiger partial charge in [-0.1, -0.05) is 6.92 Å². The van der Waals surface area contributed by atoms with Gasteiger partial charge in [0.2, 0.25) is 5.89 Å². The fourth-order valence-electron chi connectivity index (χ4n) is 1.49. The van der Waals surface area contributed by atoms with Crippen molar-refractivity contribution in [1.29, 1.82) is 0 Å². The van der Waals surface area contributed by atoms with Crippen molar-refractivity contribution in [2.75, 3.05) is 18.0 Å². The number of carbonyl (C=O) groups is 1. The Morgan fingerprint density at radius 3 is 2.56 bits per heavy atom. The molecule has 0 bridgehead atoms. The molecule has 0 aliphatic rings. The summed E-state index contributed by atoms with van der Waals surface area (Å²) in [5.74, 6) is 1.14. The van der Waals surface area contributed by atoms with Gasteiger partial charge in [0.15, 0.2) is 0 Å². The maximum absolute atomic E-state index is 11.4. The van der Waals surface area contributed by atoms with Gasteiger partial charge in [-0.3, -0.25) is 4.79 Å². The molecule has 0 saturated carbocycles. The Hall–Kier alpha value is -1.39. The minimum absolute atomic E-state index is 0.150. The average Bonchev–Trinajstić information content (AvgIpc) is 2.68. The smallest absolute Gasteiger partial charge is 0.266 e. The van der Waals surface area contributed by atoms with E-state index in [1.54, 1.807) is 0 Å². The van der Waals surface area contributed by atoms with E-state index in [-0.39, 0.29) is 12.2 Å². The second-order valence-electron chi connectivity index (χ2n) is 3.63. The van der Waals surface area contributed by atoms with E-state index in [9.17, 15) is 4.79 Å². The van der Waals surface area contributed by atoms with Gasteiger partial charge in [0.1, 0.15) is 5.78 Å². The Bertz CT molecular complexity index is 332. The summed E-state index contributed by atoms with van der Waals surface area (Å²) < 4.78 is 5.04. The third kappa shape index (κ3) is 3.32. The first-order valence-electron chi connectivity index (χ1n) is 5.80. The highest BCUT2D eigenvalue weighted by Gasteiger charge is 2.13. The van der Waals surface area contributed by atoms with Crippen molar-refractivity contribution in [3.8, 4) is 0 Å². The molecule has 16 heavy (non-hydrogen) atoms. The van der Waals surface area contributed by atoms with Crippen molar-refractivity contribution in [3.63, 3.8) is 0 Å². The Morgan fingerprint density at radius 2 is 2.00 bits per heavy atom. The molecule has 0 radical (unpaired) electrons. The largest absolute Gasteiger partial charge is 0.339 e. The number of anilines is 1. The first kappa shape index (κ1) is 12.7. The van der Waals surface area contributed by atoms with E-state index in [4.69, 9.17) is 4.52 Å². The lowest BCUT2D eigenvalue weighted by atomic mass is 10.2. The van der Waals surface area contributed by atoms with Crippen LogP contribution in [0.15, 0.2) is 4.52 Å². The van der Waals surface area contributed by atoms with Gasteiger partial charge in [-0.2, -0.15) is 4.98 Å². The van der Waals surface area contributed by atoms with Crippen LogP contribution in [0, 0.1) is 0 Å². The molecule has 5 nitrogen and oxygen atoms in total. The first-order chi connectivity index (χ1) is 7.71. The highest BCUT2D eigenvalue weighted by atomic mass is 16.5. The molecule has 0 fully saturated rings. The zero-order valence-corrected chi connectivity index (χ0v) is 10.2. The number of nitrogens with zero attached hydrogens (tertiary/aromatic N) is 3. The molecule has 0 amide bonds. The van der Waals surface area contributed by atoms with Gasteiger partial charge in [0.25, 0.3) is 5.95 Å². The minimum atomic E-state index is 0.150. The number of ketones is 1. The van der Waals surface area contributed by atoms with Crippen LogP contribution in [0.3, 0.4) is 0 Å². The minimum Gasteiger partial charge on any atom is -0.339 e. The summed E-state index contributed by atoms with van der Waals surface area (Å²) >= 11 is 0. The highest BCUT2D eigenvalue weighted by Crippen LogP contribution is 2.09. The second-order valence-corrected chi connectivity index (χ2v) is 3.63. The summed E-state index contributed by atoms with van der Waals surface area (Å²) in [6, 6.07) is 0. The van der Waals surface area contributed by atoms with E-state index in [0.717, 1.165) is 19.5 Å². The van der Waals surface area contributed by atoms with E-state index in [2.05, 4.69) is 10.1 Å². The summed E-state index contributed by atoms with van der Waals surface area (Å²) in [4.78, 5) is 17.6. The third-order valence-corrected chi connectivity index (χ3v) is 2.38. The predicted molar refractivity (Wildman–Crippen MR) is 61.5 cm³/mol. The zero-order chi connectivity index (χ0) is 12.0. The molecular formula is C11H19N3O2. The molecule has 0 saturated heterocycles. The summed E-state index contributed by atoms with van der Waals surface area (Å²) in [6.45, 7) is 7.70. The molecule has 0 aliphatic heterocycles. The molecule has 0 aromatic carbocycles. The standard InChI is InChI=1S/C11H19N3O2/c1-4-7-9(15)8-10-12-11(13-16-10)14(5-2)6-3/h4-8H2,1-3H3. The third-order valence-electron chi connectivity index (χ3n) is 2.38. The quantitative estimate of drug-likeness (QED) is 0.708. The Balaban J connectivity index is 2.60. The van der Waals surface area contributed by atoms with Crippen LogP contribution in [-0.2, 0) is 11.2 Å². The van der Waals surface area contributed by atoms with Gasteiger partial charge in [0, 0.05) is 19.5 Å². The number of hydrogen-bond acceptors (Lipinski definition) is 5. The number of carbonyl (C=O) groups excluding carboxylic acids is 1. The fraction of sp³-hybridized carbons (Fsp3) is 0.727. The van der Waals surface area contributed by atoms with Gasteiger partial charge < -0.3 is 9.42 Å². The van der Waals surface area contributed by atoms with Crippen LogP contribution in [0.2, 0.25) is 0 Å². The van der Waals surface area contributed by atoms with Crippen molar-refractivity contribution in [1.82, 2.24) is 10.1 Å². The zero-order valence-electron chi connectivity index (χ0n) is 10.2. The number of rotatable bonds is 7. The summed E-state index contributed by atoms with van der Waals surface area (Å²) in [6.07, 6.45) is 1.68. The van der Waals surface area contributed by atoms with Crippen LogP contribution < -0.4 is 4.90 Å². The normalized spacial score (nSPS) is 10.4. The second kappa shape index (κ2) is 6.25. The number of aromatic nitrogens is 2. The molecule has 1 aromatic heterocycles. The van der Waals surface area contributed by atoms with Gasteiger partial charge in [0.05, 0.1) is 6.42 Å². The average molecular weight is 225 g/mol. The summed E-state index contributed by atoms with van der Waals surface area (Å²) in [5, 5.41) is 3.86. The van der Waals surface area contributed by atoms with E-state index in [0.29, 0.717) is 18.3 Å². The van der Waals surface area contributed by atoms with E-state index in [1.165, 1.54) is 0 Å². The summed E-state index contributed by atoms with van der Waals surface area (Å²) in [5.41, 5.74) is 0. The van der Waals surface area contributed by atoms with Crippen LogP contribution in [0.4, 0.5) is 5.95 Å². The molecule has 0 N–H and O–H groups in total. The van der Waals surface area contributed by atoms with Crippen molar-refractivity contribution in [3.05, 3.63) is 5.89 Å². The lowest BCUT2D eigenvalue weighted by Crippen LogP contribution is -2.23. The number of Topliss-reactive ketones (excluding diaryl/α,β-unsaturated/α-hetero) is 1.